The average Bonchev–Trinajstić information content (AvgIpc) is 2.86. The minimum Gasteiger partial charge on any atom is -0.205 e. The van der Waals surface area contributed by atoms with E-state index >= 15 is 0 Å². The van der Waals surface area contributed by atoms with Gasteiger partial charge >= 0.3 is 0 Å². The van der Waals surface area contributed by atoms with Crippen molar-refractivity contribution < 1.29 is 4.39 Å². The Balaban J connectivity index is 1.53. The molecule has 0 aliphatic heterocycles. The van der Waals surface area contributed by atoms with Gasteiger partial charge in [0, 0.05) is 0 Å². The second kappa shape index (κ2) is 13.7. The van der Waals surface area contributed by atoms with Crippen LogP contribution in [0.2, 0.25) is 5.02 Å². The molecule has 0 saturated heterocycles. The molecule has 0 spiro atoms. The van der Waals surface area contributed by atoms with Crippen LogP contribution in [-0.2, 0) is 25.7 Å². The van der Waals surface area contributed by atoms with Gasteiger partial charge in [0.25, 0.3) is 0 Å². The molecule has 34 heavy (non-hydrogen) atoms. The summed E-state index contributed by atoms with van der Waals surface area (Å²) in [6, 6.07) is 21.4. The van der Waals surface area contributed by atoms with Gasteiger partial charge in [-0.15, -0.1) is 0 Å². The van der Waals surface area contributed by atoms with Crippen molar-refractivity contribution in [2.75, 3.05) is 0 Å². The Bertz CT molecular complexity index is 1120. The predicted octanol–water partition coefficient (Wildman–Crippen LogP) is 9.50. The lowest BCUT2D eigenvalue weighted by molar-refractivity contribution is 0.608. The van der Waals surface area contributed by atoms with Gasteiger partial charge in [-0.25, -0.2) is 4.39 Å². The number of aryl methyl sites for hydroxylation is 2. The molecule has 0 bridgehead atoms. The zero-order valence-corrected chi connectivity index (χ0v) is 21.0. The zero-order valence-electron chi connectivity index (χ0n) is 20.2. The van der Waals surface area contributed by atoms with Gasteiger partial charge in [0.2, 0.25) is 0 Å². The highest BCUT2D eigenvalue weighted by molar-refractivity contribution is 6.31. The van der Waals surface area contributed by atoms with Crippen LogP contribution in [-0.4, -0.2) is 0 Å². The fraction of sp³-hybridized carbons (Fsp3) is 0.250. The monoisotopic (exact) mass is 472 g/mol. The van der Waals surface area contributed by atoms with Crippen LogP contribution in [0, 0.1) is 5.82 Å². The van der Waals surface area contributed by atoms with E-state index in [1.165, 1.54) is 22.3 Å². The molecule has 0 atom stereocenters. The van der Waals surface area contributed by atoms with E-state index in [0.29, 0.717) is 18.4 Å². The second-order valence-electron chi connectivity index (χ2n) is 8.50. The van der Waals surface area contributed by atoms with Crippen LogP contribution in [0.3, 0.4) is 0 Å². The Morgan fingerprint density at radius 2 is 1.15 bits per heavy atom. The van der Waals surface area contributed by atoms with Crippen LogP contribution in [0.1, 0.15) is 48.9 Å². The highest BCUT2D eigenvalue weighted by Crippen LogP contribution is 2.25. The van der Waals surface area contributed by atoms with E-state index in [1.54, 1.807) is 0 Å². The van der Waals surface area contributed by atoms with Gasteiger partial charge in [0.15, 0.2) is 0 Å². The lowest BCUT2D eigenvalue weighted by Crippen LogP contribution is -1.95. The standard InChI is InChI=1S/C32H34ClF/c1-3-5-7-11-25-15-19-27(20-16-25)28-21-17-26(18-22-28)12-9-10-13-29-23-24-30(14-8-6-4-2)32(34)31(29)33/h3-6,9-10,15-24H,7-8,11-14H2,1-2H3/b5-3+,6-4+,10-9+. The highest BCUT2D eigenvalue weighted by atomic mass is 35.5. The van der Waals surface area contributed by atoms with Gasteiger partial charge in [0.1, 0.15) is 5.82 Å². The number of allylic oxidation sites excluding steroid dienone is 6. The summed E-state index contributed by atoms with van der Waals surface area (Å²) in [5, 5.41) is 0.250. The summed E-state index contributed by atoms with van der Waals surface area (Å²) in [5.41, 5.74) is 6.59. The van der Waals surface area contributed by atoms with E-state index in [9.17, 15) is 4.39 Å². The molecule has 0 N–H and O–H groups in total. The predicted molar refractivity (Wildman–Crippen MR) is 146 cm³/mol. The van der Waals surface area contributed by atoms with Crippen molar-refractivity contribution in [1.29, 1.82) is 0 Å². The van der Waals surface area contributed by atoms with Gasteiger partial charge in [-0.05, 0) is 85.8 Å². The van der Waals surface area contributed by atoms with E-state index in [-0.39, 0.29) is 10.8 Å². The maximum atomic E-state index is 14.6. The molecule has 0 saturated carbocycles. The minimum absolute atomic E-state index is 0.250. The summed E-state index contributed by atoms with van der Waals surface area (Å²) in [6.07, 6.45) is 17.7. The number of rotatable bonds is 11. The second-order valence-corrected chi connectivity index (χ2v) is 8.88. The van der Waals surface area contributed by atoms with Crippen LogP contribution >= 0.6 is 11.6 Å². The molecule has 0 nitrogen and oxygen atoms in total. The van der Waals surface area contributed by atoms with E-state index in [2.05, 4.69) is 79.8 Å². The summed E-state index contributed by atoms with van der Waals surface area (Å²) in [7, 11) is 0. The van der Waals surface area contributed by atoms with Crippen molar-refractivity contribution in [2.24, 2.45) is 0 Å². The van der Waals surface area contributed by atoms with Crippen molar-refractivity contribution in [1.82, 2.24) is 0 Å². The van der Waals surface area contributed by atoms with Crippen LogP contribution < -0.4 is 0 Å². The maximum Gasteiger partial charge on any atom is 0.145 e. The van der Waals surface area contributed by atoms with Gasteiger partial charge in [-0.1, -0.05) is 109 Å². The lowest BCUT2D eigenvalue weighted by Gasteiger charge is -2.07. The number of hydrogen-bond acceptors (Lipinski definition) is 0. The zero-order chi connectivity index (χ0) is 24.2. The Morgan fingerprint density at radius 1 is 0.618 bits per heavy atom. The molecule has 0 aliphatic rings. The van der Waals surface area contributed by atoms with E-state index in [1.807, 2.05) is 31.2 Å². The van der Waals surface area contributed by atoms with Crippen LogP contribution in [0.4, 0.5) is 4.39 Å². The highest BCUT2D eigenvalue weighted by Gasteiger charge is 2.10. The molecule has 0 amide bonds. The smallest absolute Gasteiger partial charge is 0.145 e. The number of hydrogen-bond donors (Lipinski definition) is 0. The molecule has 3 aromatic rings. The van der Waals surface area contributed by atoms with Gasteiger partial charge < -0.3 is 0 Å². The summed E-state index contributed by atoms with van der Waals surface area (Å²) < 4.78 is 14.6. The molecule has 0 heterocycles. The van der Waals surface area contributed by atoms with Gasteiger partial charge in [0.05, 0.1) is 5.02 Å². The molecule has 3 rings (SSSR count). The normalized spacial score (nSPS) is 11.9. The first-order chi connectivity index (χ1) is 16.6. The first-order valence-electron chi connectivity index (χ1n) is 12.1. The summed E-state index contributed by atoms with van der Waals surface area (Å²) >= 11 is 6.29. The Labute approximate surface area is 209 Å². The Morgan fingerprint density at radius 3 is 1.76 bits per heavy atom. The summed E-state index contributed by atoms with van der Waals surface area (Å²) in [4.78, 5) is 0. The van der Waals surface area contributed by atoms with Crippen LogP contribution in [0.25, 0.3) is 11.1 Å². The lowest BCUT2D eigenvalue weighted by atomic mass is 10.00. The number of halogens is 2. The minimum atomic E-state index is -0.279. The number of benzene rings is 3. The first kappa shape index (κ1) is 25.7. The Kier molecular flexibility index (Phi) is 10.4. The van der Waals surface area contributed by atoms with E-state index in [4.69, 9.17) is 11.6 Å². The third-order valence-electron chi connectivity index (χ3n) is 5.99. The molecule has 0 unspecified atom stereocenters. The van der Waals surface area contributed by atoms with E-state index in [0.717, 1.165) is 31.2 Å². The molecule has 2 heteroatoms. The molecule has 0 radical (unpaired) electrons. The van der Waals surface area contributed by atoms with Crippen molar-refractivity contribution in [2.45, 2.75) is 52.4 Å². The molecule has 3 aromatic carbocycles. The molecule has 0 aliphatic carbocycles. The van der Waals surface area contributed by atoms with Crippen molar-refractivity contribution in [3.63, 3.8) is 0 Å². The SMILES string of the molecule is C/C=C/CCc1ccc(-c2ccc(C/C=C/Cc3ccc(CC/C=C/C)c(F)c3Cl)cc2)cc1. The van der Waals surface area contributed by atoms with Crippen molar-refractivity contribution in [3.8, 4) is 11.1 Å². The fourth-order valence-corrected chi connectivity index (χ4v) is 4.19. The van der Waals surface area contributed by atoms with Gasteiger partial charge in [-0.3, -0.25) is 0 Å². The third-order valence-corrected chi connectivity index (χ3v) is 6.40. The summed E-state index contributed by atoms with van der Waals surface area (Å²) in [6.45, 7) is 4.03. The maximum absolute atomic E-state index is 14.6. The van der Waals surface area contributed by atoms with Crippen molar-refractivity contribution in [3.05, 3.63) is 130 Å². The summed E-state index contributed by atoms with van der Waals surface area (Å²) in [5.74, 6) is -0.279. The molecular weight excluding hydrogens is 439 g/mol. The topological polar surface area (TPSA) is 0 Å². The van der Waals surface area contributed by atoms with Crippen LogP contribution in [0.15, 0.2) is 97.1 Å². The first-order valence-corrected chi connectivity index (χ1v) is 12.5. The van der Waals surface area contributed by atoms with E-state index < -0.39 is 0 Å². The van der Waals surface area contributed by atoms with Crippen molar-refractivity contribution >= 4 is 11.6 Å². The molecule has 176 valence electrons. The molecule has 0 fully saturated rings. The quantitative estimate of drug-likeness (QED) is 0.244. The Hall–Kier alpha value is -2.90. The third kappa shape index (κ3) is 7.57. The molecule has 0 aromatic heterocycles. The van der Waals surface area contributed by atoms with Crippen LogP contribution in [0.5, 0.6) is 0 Å². The van der Waals surface area contributed by atoms with Gasteiger partial charge in [-0.2, -0.15) is 0 Å². The average molecular weight is 473 g/mol. The largest absolute Gasteiger partial charge is 0.205 e. The fourth-order valence-electron chi connectivity index (χ4n) is 3.93. The molecular formula is C32H34ClF.